The first-order valence-corrected chi connectivity index (χ1v) is 10.7. The summed E-state index contributed by atoms with van der Waals surface area (Å²) in [5, 5.41) is 2.97. The highest BCUT2D eigenvalue weighted by atomic mass is 19.4. The Morgan fingerprint density at radius 1 is 1.00 bits per heavy atom. The summed E-state index contributed by atoms with van der Waals surface area (Å²) in [5.74, 6) is -1.55. The number of halogens is 6. The largest absolute Gasteiger partial charge is 0.416 e. The lowest BCUT2D eigenvalue weighted by Crippen LogP contribution is -2.50. The second kappa shape index (κ2) is 9.37. The fourth-order valence-corrected chi connectivity index (χ4v) is 4.37. The molecule has 2 aromatic rings. The average Bonchev–Trinajstić information content (AvgIpc) is 2.78. The van der Waals surface area contributed by atoms with E-state index in [2.05, 4.69) is 5.32 Å². The molecule has 1 saturated carbocycles. The normalized spacial score (nSPS) is 22.6. The highest BCUT2D eigenvalue weighted by molar-refractivity contribution is 5.84. The van der Waals surface area contributed by atoms with Gasteiger partial charge in [-0.25, -0.2) is 0 Å². The van der Waals surface area contributed by atoms with Gasteiger partial charge in [-0.05, 0) is 74.4 Å². The number of nitrogens with one attached hydrogen (secondary N) is 1. The molecule has 0 saturated heterocycles. The first-order chi connectivity index (χ1) is 15.4. The van der Waals surface area contributed by atoms with Crippen molar-refractivity contribution < 1.29 is 31.1 Å². The Bertz CT molecular complexity index is 931. The van der Waals surface area contributed by atoms with Gasteiger partial charge in [0.2, 0.25) is 5.91 Å². The zero-order chi connectivity index (χ0) is 24.4. The topological polar surface area (TPSA) is 55.1 Å². The lowest BCUT2D eigenvalue weighted by Gasteiger charge is -2.42. The SMILES string of the molecule is C[C@H](C(=O)NC1(c2ccccc2)CCC(CN)CC1)c1cc(C(F)(F)F)cc(C(F)(F)F)c1. The Kier molecular flexibility index (Phi) is 7.12. The lowest BCUT2D eigenvalue weighted by molar-refractivity contribution is -0.143. The zero-order valence-electron chi connectivity index (χ0n) is 18.1. The van der Waals surface area contributed by atoms with Crippen molar-refractivity contribution in [2.24, 2.45) is 11.7 Å². The minimum Gasteiger partial charge on any atom is -0.346 e. The molecule has 180 valence electrons. The molecule has 0 spiro atoms. The van der Waals surface area contributed by atoms with E-state index >= 15 is 0 Å². The van der Waals surface area contributed by atoms with Crippen LogP contribution in [-0.4, -0.2) is 12.5 Å². The Morgan fingerprint density at radius 2 is 1.52 bits per heavy atom. The van der Waals surface area contributed by atoms with Crippen LogP contribution in [0.15, 0.2) is 48.5 Å². The predicted molar refractivity (Wildman–Crippen MR) is 112 cm³/mol. The second-order valence-electron chi connectivity index (χ2n) is 8.68. The molecule has 33 heavy (non-hydrogen) atoms. The van der Waals surface area contributed by atoms with Crippen LogP contribution in [0, 0.1) is 5.92 Å². The minimum atomic E-state index is -4.97. The molecule has 1 amide bonds. The summed E-state index contributed by atoms with van der Waals surface area (Å²) in [4.78, 5) is 13.2. The molecule has 1 aliphatic carbocycles. The van der Waals surface area contributed by atoms with E-state index in [-0.39, 0.29) is 11.6 Å². The van der Waals surface area contributed by atoms with Crippen LogP contribution in [0.3, 0.4) is 0 Å². The maximum Gasteiger partial charge on any atom is 0.416 e. The zero-order valence-corrected chi connectivity index (χ0v) is 18.1. The van der Waals surface area contributed by atoms with Gasteiger partial charge in [0, 0.05) is 0 Å². The van der Waals surface area contributed by atoms with Crippen LogP contribution in [0.4, 0.5) is 26.3 Å². The van der Waals surface area contributed by atoms with Gasteiger partial charge in [0.15, 0.2) is 0 Å². The fraction of sp³-hybridized carbons (Fsp3) is 0.458. The van der Waals surface area contributed by atoms with E-state index in [4.69, 9.17) is 5.73 Å². The standard InChI is InChI=1S/C24H26F6N2O/c1-15(17-11-19(23(25,26)27)13-20(12-17)24(28,29)30)21(33)32-22(18-5-3-2-4-6-18)9-7-16(14-31)8-10-22/h2-6,11-13,15-16H,7-10,14,31H2,1H3,(H,32,33)/t15-,16?,22?/m0/s1. The third-order valence-electron chi connectivity index (χ3n) is 6.48. The van der Waals surface area contributed by atoms with Crippen LogP contribution >= 0.6 is 0 Å². The summed E-state index contributed by atoms with van der Waals surface area (Å²) in [6.07, 6.45) is -7.29. The van der Waals surface area contributed by atoms with Gasteiger partial charge in [-0.15, -0.1) is 0 Å². The molecule has 3 nitrogen and oxygen atoms in total. The maximum atomic E-state index is 13.2. The summed E-state index contributed by atoms with van der Waals surface area (Å²) in [6.45, 7) is 1.83. The Labute approximate surface area is 188 Å². The highest BCUT2D eigenvalue weighted by Gasteiger charge is 2.40. The van der Waals surface area contributed by atoms with Crippen LogP contribution in [0.2, 0.25) is 0 Å². The molecule has 3 rings (SSSR count). The monoisotopic (exact) mass is 472 g/mol. The number of hydrogen-bond acceptors (Lipinski definition) is 2. The van der Waals surface area contributed by atoms with E-state index in [1.165, 1.54) is 6.92 Å². The average molecular weight is 472 g/mol. The van der Waals surface area contributed by atoms with E-state index < -0.39 is 40.8 Å². The van der Waals surface area contributed by atoms with Gasteiger partial charge >= 0.3 is 12.4 Å². The van der Waals surface area contributed by atoms with Crippen molar-refractivity contribution in [1.29, 1.82) is 0 Å². The van der Waals surface area contributed by atoms with E-state index in [0.29, 0.717) is 37.4 Å². The molecule has 0 unspecified atom stereocenters. The number of benzene rings is 2. The van der Waals surface area contributed by atoms with Gasteiger partial charge in [0.25, 0.3) is 0 Å². The van der Waals surface area contributed by atoms with E-state index in [1.807, 2.05) is 30.3 Å². The Morgan fingerprint density at radius 3 is 1.97 bits per heavy atom. The number of hydrogen-bond donors (Lipinski definition) is 2. The smallest absolute Gasteiger partial charge is 0.346 e. The molecule has 0 bridgehead atoms. The van der Waals surface area contributed by atoms with Crippen LogP contribution in [-0.2, 0) is 22.7 Å². The van der Waals surface area contributed by atoms with Crippen molar-refractivity contribution >= 4 is 5.91 Å². The molecule has 1 aliphatic rings. The quantitative estimate of drug-likeness (QED) is 0.526. The molecular formula is C24H26F6N2O. The maximum absolute atomic E-state index is 13.2. The molecule has 1 atom stereocenters. The van der Waals surface area contributed by atoms with Crippen LogP contribution < -0.4 is 11.1 Å². The van der Waals surface area contributed by atoms with Crippen molar-refractivity contribution in [1.82, 2.24) is 5.32 Å². The van der Waals surface area contributed by atoms with Gasteiger partial charge in [0.05, 0.1) is 22.6 Å². The molecule has 0 aliphatic heterocycles. The van der Waals surface area contributed by atoms with Gasteiger partial charge < -0.3 is 11.1 Å². The highest BCUT2D eigenvalue weighted by Crippen LogP contribution is 2.41. The predicted octanol–water partition coefficient (Wildman–Crippen LogP) is 5.99. The summed E-state index contributed by atoms with van der Waals surface area (Å²) in [6, 6.07) is 10.5. The van der Waals surface area contributed by atoms with Crippen LogP contribution in [0.25, 0.3) is 0 Å². The molecule has 1 fully saturated rings. The molecule has 0 aromatic heterocycles. The summed E-state index contributed by atoms with van der Waals surface area (Å²) in [7, 11) is 0. The van der Waals surface area contributed by atoms with Crippen molar-refractivity contribution in [2.75, 3.05) is 6.54 Å². The van der Waals surface area contributed by atoms with Crippen molar-refractivity contribution in [2.45, 2.75) is 56.4 Å². The first kappa shape index (κ1) is 25.1. The summed E-state index contributed by atoms with van der Waals surface area (Å²) in [5.41, 5.74) is 2.66. The van der Waals surface area contributed by atoms with Crippen molar-refractivity contribution in [3.05, 3.63) is 70.8 Å². The summed E-state index contributed by atoms with van der Waals surface area (Å²) < 4.78 is 79.5. The number of alkyl halides is 6. The minimum absolute atomic E-state index is 0.0632. The number of rotatable bonds is 5. The van der Waals surface area contributed by atoms with E-state index in [1.54, 1.807) is 0 Å². The number of carbonyl (C=O) groups is 1. The van der Waals surface area contributed by atoms with Crippen LogP contribution in [0.5, 0.6) is 0 Å². The number of carbonyl (C=O) groups excluding carboxylic acids is 1. The summed E-state index contributed by atoms with van der Waals surface area (Å²) >= 11 is 0. The molecular weight excluding hydrogens is 446 g/mol. The fourth-order valence-electron chi connectivity index (χ4n) is 4.37. The molecule has 0 heterocycles. The lowest BCUT2D eigenvalue weighted by atomic mass is 9.72. The Hall–Kier alpha value is -2.55. The molecule has 3 N–H and O–H groups in total. The number of amides is 1. The Balaban J connectivity index is 1.94. The van der Waals surface area contributed by atoms with Gasteiger partial charge in [-0.3, -0.25) is 4.79 Å². The van der Waals surface area contributed by atoms with E-state index in [0.717, 1.165) is 18.4 Å². The molecule has 9 heteroatoms. The van der Waals surface area contributed by atoms with Gasteiger partial charge in [0.1, 0.15) is 0 Å². The molecule has 2 aromatic carbocycles. The first-order valence-electron chi connectivity index (χ1n) is 10.7. The van der Waals surface area contributed by atoms with Crippen molar-refractivity contribution in [3.63, 3.8) is 0 Å². The third kappa shape index (κ3) is 5.69. The number of nitrogens with two attached hydrogens (primary N) is 1. The molecule has 0 radical (unpaired) electrons. The second-order valence-corrected chi connectivity index (χ2v) is 8.68. The van der Waals surface area contributed by atoms with E-state index in [9.17, 15) is 31.1 Å². The van der Waals surface area contributed by atoms with Crippen molar-refractivity contribution in [3.8, 4) is 0 Å². The van der Waals surface area contributed by atoms with Gasteiger partial charge in [-0.2, -0.15) is 26.3 Å². The third-order valence-corrected chi connectivity index (χ3v) is 6.48. The van der Waals surface area contributed by atoms with Crippen LogP contribution in [0.1, 0.15) is 60.8 Å². The van der Waals surface area contributed by atoms with Gasteiger partial charge in [-0.1, -0.05) is 30.3 Å².